The van der Waals surface area contributed by atoms with Gasteiger partial charge in [-0.3, -0.25) is 19.3 Å². The summed E-state index contributed by atoms with van der Waals surface area (Å²) in [5, 5.41) is 0. The fraction of sp³-hybridized carbons (Fsp3) is 0.333. The molecule has 2 heterocycles. The van der Waals surface area contributed by atoms with Crippen molar-refractivity contribution in [1.82, 2.24) is 4.90 Å². The van der Waals surface area contributed by atoms with Gasteiger partial charge in [-0.25, -0.2) is 4.79 Å². The molecule has 2 aliphatic rings. The number of Topliss-reactive ketones (excluding diaryl/α,β-unsaturated/α-hetero) is 1. The number of rotatable bonds is 7. The highest BCUT2D eigenvalue weighted by molar-refractivity contribution is 6.15. The van der Waals surface area contributed by atoms with Gasteiger partial charge in [0.15, 0.2) is 12.4 Å². The summed E-state index contributed by atoms with van der Waals surface area (Å²) in [6.07, 6.45) is 1.74. The summed E-state index contributed by atoms with van der Waals surface area (Å²) in [4.78, 5) is 55.0. The molecule has 0 aromatic heterocycles. The standard InChI is InChI=1S/C24H24N2O5/c1-2-3-15-25-22(29)18-11-7-8-12-19(18)26-21(28)13-14-24(25,26)23(30)31-16-20(27)17-9-5-4-6-10-17/h4-12H,2-3,13-16H2,1H3/t24-/m1/s1. The van der Waals surface area contributed by atoms with E-state index in [1.807, 2.05) is 6.92 Å². The van der Waals surface area contributed by atoms with E-state index in [4.69, 9.17) is 4.74 Å². The van der Waals surface area contributed by atoms with Crippen LogP contribution in [0.5, 0.6) is 0 Å². The molecule has 0 bridgehead atoms. The molecule has 0 N–H and O–H groups in total. The molecule has 7 nitrogen and oxygen atoms in total. The van der Waals surface area contributed by atoms with Crippen LogP contribution in [0.25, 0.3) is 0 Å². The number of esters is 1. The predicted molar refractivity (Wildman–Crippen MR) is 114 cm³/mol. The number of benzene rings is 2. The van der Waals surface area contributed by atoms with E-state index in [0.717, 1.165) is 6.42 Å². The van der Waals surface area contributed by atoms with Gasteiger partial charge in [0.25, 0.3) is 5.91 Å². The molecule has 0 aliphatic carbocycles. The molecule has 1 atom stereocenters. The number of anilines is 1. The summed E-state index contributed by atoms with van der Waals surface area (Å²) < 4.78 is 5.45. The molecular formula is C24H24N2O5. The van der Waals surface area contributed by atoms with Gasteiger partial charge < -0.3 is 9.64 Å². The van der Waals surface area contributed by atoms with E-state index in [9.17, 15) is 19.2 Å². The molecule has 2 aromatic rings. The summed E-state index contributed by atoms with van der Waals surface area (Å²) >= 11 is 0. The Kier molecular flexibility index (Phi) is 5.59. The van der Waals surface area contributed by atoms with Crippen molar-refractivity contribution in [3.05, 3.63) is 65.7 Å². The van der Waals surface area contributed by atoms with Gasteiger partial charge >= 0.3 is 5.97 Å². The molecule has 0 spiro atoms. The first kappa shape index (κ1) is 20.8. The zero-order valence-corrected chi connectivity index (χ0v) is 17.4. The maximum absolute atomic E-state index is 13.4. The highest BCUT2D eigenvalue weighted by Crippen LogP contribution is 2.45. The van der Waals surface area contributed by atoms with Gasteiger partial charge in [-0.15, -0.1) is 0 Å². The topological polar surface area (TPSA) is 84.0 Å². The number of carbonyl (C=O) groups is 4. The van der Waals surface area contributed by atoms with Crippen LogP contribution in [0.2, 0.25) is 0 Å². The largest absolute Gasteiger partial charge is 0.454 e. The Hall–Kier alpha value is -3.48. The van der Waals surface area contributed by atoms with Crippen molar-refractivity contribution in [2.24, 2.45) is 0 Å². The van der Waals surface area contributed by atoms with Crippen LogP contribution in [0.4, 0.5) is 5.69 Å². The second kappa shape index (κ2) is 8.34. The van der Waals surface area contributed by atoms with Crippen molar-refractivity contribution >= 4 is 29.3 Å². The number of unbranched alkanes of at least 4 members (excludes halogenated alkanes) is 1. The highest BCUT2D eigenvalue weighted by atomic mass is 16.5. The smallest absolute Gasteiger partial charge is 0.354 e. The lowest BCUT2D eigenvalue weighted by atomic mass is 9.96. The lowest BCUT2D eigenvalue weighted by Gasteiger charge is -2.48. The Morgan fingerprint density at radius 2 is 1.74 bits per heavy atom. The third-order valence-corrected chi connectivity index (χ3v) is 5.87. The second-order valence-electron chi connectivity index (χ2n) is 7.74. The fourth-order valence-corrected chi connectivity index (χ4v) is 4.32. The van der Waals surface area contributed by atoms with E-state index in [1.165, 1.54) is 9.80 Å². The van der Waals surface area contributed by atoms with Crippen LogP contribution in [0.3, 0.4) is 0 Å². The molecule has 0 radical (unpaired) electrons. The summed E-state index contributed by atoms with van der Waals surface area (Å²) in [6.45, 7) is 1.85. The average molecular weight is 420 g/mol. The summed E-state index contributed by atoms with van der Waals surface area (Å²) in [7, 11) is 0. The van der Waals surface area contributed by atoms with Crippen LogP contribution in [0.1, 0.15) is 53.3 Å². The third-order valence-electron chi connectivity index (χ3n) is 5.87. The number of hydrogen-bond acceptors (Lipinski definition) is 5. The van der Waals surface area contributed by atoms with Crippen LogP contribution in [0, 0.1) is 0 Å². The minimum Gasteiger partial charge on any atom is -0.454 e. The number of para-hydroxylation sites is 1. The number of hydrogen-bond donors (Lipinski definition) is 0. The second-order valence-corrected chi connectivity index (χ2v) is 7.74. The number of ketones is 1. The molecule has 2 aromatic carbocycles. The first-order valence-corrected chi connectivity index (χ1v) is 10.5. The summed E-state index contributed by atoms with van der Waals surface area (Å²) in [6, 6.07) is 15.3. The van der Waals surface area contributed by atoms with E-state index in [1.54, 1.807) is 54.6 Å². The normalized spacial score (nSPS) is 19.8. The SMILES string of the molecule is CCCCN1C(=O)c2ccccc2N2C(=O)CC[C@@]12C(=O)OCC(=O)c1ccccc1. The minimum atomic E-state index is -1.56. The lowest BCUT2D eigenvalue weighted by Crippen LogP contribution is -2.68. The van der Waals surface area contributed by atoms with E-state index >= 15 is 0 Å². The van der Waals surface area contributed by atoms with Crippen molar-refractivity contribution < 1.29 is 23.9 Å². The molecular weight excluding hydrogens is 396 g/mol. The first-order chi connectivity index (χ1) is 15.0. The molecule has 1 fully saturated rings. The minimum absolute atomic E-state index is 0.117. The van der Waals surface area contributed by atoms with E-state index in [2.05, 4.69) is 0 Å². The molecule has 2 amide bonds. The highest BCUT2D eigenvalue weighted by Gasteiger charge is 2.61. The molecule has 0 saturated carbocycles. The van der Waals surface area contributed by atoms with Crippen LogP contribution in [-0.4, -0.2) is 47.3 Å². The number of amides is 2. The molecule has 2 aliphatic heterocycles. The number of carbonyl (C=O) groups excluding carboxylic acids is 4. The first-order valence-electron chi connectivity index (χ1n) is 10.5. The third kappa shape index (κ3) is 3.40. The average Bonchev–Trinajstić information content (AvgIpc) is 3.16. The molecule has 1 saturated heterocycles. The molecule has 160 valence electrons. The Bertz CT molecular complexity index is 1040. The summed E-state index contributed by atoms with van der Waals surface area (Å²) in [5.41, 5.74) is -0.332. The van der Waals surface area contributed by atoms with Crippen molar-refractivity contribution in [2.75, 3.05) is 18.1 Å². The van der Waals surface area contributed by atoms with Crippen LogP contribution in [-0.2, 0) is 14.3 Å². The molecule has 4 rings (SSSR count). The van der Waals surface area contributed by atoms with Gasteiger partial charge in [-0.2, -0.15) is 0 Å². The number of ether oxygens (including phenoxy) is 1. The van der Waals surface area contributed by atoms with E-state index in [0.29, 0.717) is 29.8 Å². The van der Waals surface area contributed by atoms with Crippen molar-refractivity contribution in [1.29, 1.82) is 0 Å². The Morgan fingerprint density at radius 3 is 2.48 bits per heavy atom. The van der Waals surface area contributed by atoms with E-state index in [-0.39, 0.29) is 30.4 Å². The number of nitrogens with zero attached hydrogens (tertiary/aromatic N) is 2. The van der Waals surface area contributed by atoms with Gasteiger partial charge in [-0.1, -0.05) is 55.8 Å². The van der Waals surface area contributed by atoms with E-state index < -0.39 is 18.2 Å². The van der Waals surface area contributed by atoms with Crippen LogP contribution >= 0.6 is 0 Å². The van der Waals surface area contributed by atoms with Crippen LogP contribution < -0.4 is 4.90 Å². The molecule has 0 unspecified atom stereocenters. The van der Waals surface area contributed by atoms with Crippen molar-refractivity contribution in [3.8, 4) is 0 Å². The predicted octanol–water partition coefficient (Wildman–Crippen LogP) is 3.19. The van der Waals surface area contributed by atoms with Crippen LogP contribution in [0.15, 0.2) is 54.6 Å². The Labute approximate surface area is 180 Å². The molecule has 7 heteroatoms. The van der Waals surface area contributed by atoms with Crippen molar-refractivity contribution in [2.45, 2.75) is 38.3 Å². The van der Waals surface area contributed by atoms with Gasteiger partial charge in [0, 0.05) is 24.9 Å². The fourth-order valence-electron chi connectivity index (χ4n) is 4.32. The number of fused-ring (bicyclic) bond motifs is 3. The molecule has 31 heavy (non-hydrogen) atoms. The van der Waals surface area contributed by atoms with Gasteiger partial charge in [0.2, 0.25) is 11.6 Å². The Balaban J connectivity index is 1.69. The van der Waals surface area contributed by atoms with Gasteiger partial charge in [0.05, 0.1) is 11.3 Å². The monoisotopic (exact) mass is 420 g/mol. The zero-order chi connectivity index (χ0) is 22.0. The van der Waals surface area contributed by atoms with Crippen molar-refractivity contribution in [3.63, 3.8) is 0 Å². The lowest BCUT2D eigenvalue weighted by molar-refractivity contribution is -0.156. The van der Waals surface area contributed by atoms with Gasteiger partial charge in [0.1, 0.15) is 0 Å². The Morgan fingerprint density at radius 1 is 1.03 bits per heavy atom. The summed E-state index contributed by atoms with van der Waals surface area (Å²) in [5.74, 6) is -1.64. The quantitative estimate of drug-likeness (QED) is 0.507. The van der Waals surface area contributed by atoms with Gasteiger partial charge in [-0.05, 0) is 18.6 Å². The zero-order valence-electron chi connectivity index (χ0n) is 17.4. The maximum Gasteiger partial charge on any atom is 0.354 e. The maximum atomic E-state index is 13.4.